The second-order valence-electron chi connectivity index (χ2n) is 7.79. The zero-order valence-corrected chi connectivity index (χ0v) is 13.7. The fraction of sp³-hybridized carbons (Fsp3) is 0.867. The van der Waals surface area contributed by atoms with Crippen LogP contribution >= 0.6 is 0 Å². The maximum atomic E-state index is 12.1. The minimum atomic E-state index is -0.434. The van der Waals surface area contributed by atoms with Crippen molar-refractivity contribution in [3.8, 4) is 0 Å². The number of nitrogens with zero attached hydrogens (tertiary/aromatic N) is 3. The van der Waals surface area contributed by atoms with Crippen LogP contribution in [0.3, 0.4) is 0 Å². The lowest BCUT2D eigenvalue weighted by atomic mass is 10.2. The number of hydrogen-bond acceptors (Lipinski definition) is 5. The number of amides is 1. The van der Waals surface area contributed by atoms with Gasteiger partial charge in [-0.2, -0.15) is 0 Å². The maximum Gasteiger partial charge on any atom is 0.410 e. The van der Waals surface area contributed by atoms with Crippen molar-refractivity contribution in [3.63, 3.8) is 0 Å². The lowest BCUT2D eigenvalue weighted by molar-refractivity contribution is -0.0596. The summed E-state index contributed by atoms with van der Waals surface area (Å²) >= 11 is 0. The Morgan fingerprint density at radius 1 is 1.33 bits per heavy atom. The molecule has 6 nitrogen and oxygen atoms in total. The van der Waals surface area contributed by atoms with Crippen molar-refractivity contribution >= 4 is 11.9 Å². The van der Waals surface area contributed by atoms with E-state index in [0.29, 0.717) is 17.8 Å². The monoisotopic (exact) mass is 295 g/mol. The molecule has 0 aromatic rings. The van der Waals surface area contributed by atoms with Crippen LogP contribution in [0.2, 0.25) is 0 Å². The highest BCUT2D eigenvalue weighted by atomic mass is 16.7. The number of oxime groups is 1. The van der Waals surface area contributed by atoms with Gasteiger partial charge in [0.1, 0.15) is 5.60 Å². The predicted molar refractivity (Wildman–Crippen MR) is 78.6 cm³/mol. The average molecular weight is 295 g/mol. The van der Waals surface area contributed by atoms with E-state index in [1.54, 1.807) is 0 Å². The van der Waals surface area contributed by atoms with E-state index in [4.69, 9.17) is 9.57 Å². The number of amidine groups is 1. The number of fused-ring (bicyclic) bond motifs is 1. The Morgan fingerprint density at radius 2 is 1.90 bits per heavy atom. The minimum absolute atomic E-state index is 0.202. The van der Waals surface area contributed by atoms with Crippen molar-refractivity contribution in [1.29, 1.82) is 0 Å². The number of likely N-dealkylation sites (tertiary alicyclic amines) is 1. The Morgan fingerprint density at radius 3 is 2.33 bits per heavy atom. The standard InChI is InChI=1S/C15H25N3O3/c1-14(2,3)20-13(19)18-7-9-10(8-18)11(9)12-16-21-15(4,5)17(12)6/h9-11H,7-8H2,1-6H3. The number of hydrogen-bond donors (Lipinski definition) is 0. The van der Waals surface area contributed by atoms with Crippen LogP contribution in [-0.2, 0) is 9.57 Å². The molecule has 0 N–H and O–H groups in total. The van der Waals surface area contributed by atoms with E-state index in [1.807, 2.05) is 46.6 Å². The van der Waals surface area contributed by atoms with Crippen LogP contribution in [0, 0.1) is 17.8 Å². The molecule has 3 rings (SSSR count). The molecule has 1 aliphatic carbocycles. The third-order valence-electron chi connectivity index (χ3n) is 4.66. The lowest BCUT2D eigenvalue weighted by Crippen LogP contribution is -2.43. The van der Waals surface area contributed by atoms with E-state index >= 15 is 0 Å². The van der Waals surface area contributed by atoms with Crippen molar-refractivity contribution in [2.45, 2.75) is 45.9 Å². The van der Waals surface area contributed by atoms with Gasteiger partial charge in [0, 0.05) is 26.1 Å². The molecule has 3 aliphatic rings. The first-order chi connectivity index (χ1) is 9.60. The van der Waals surface area contributed by atoms with Crippen LogP contribution < -0.4 is 0 Å². The Balaban J connectivity index is 1.57. The Kier molecular flexibility index (Phi) is 2.94. The maximum absolute atomic E-state index is 12.1. The van der Waals surface area contributed by atoms with Crippen molar-refractivity contribution in [1.82, 2.24) is 9.80 Å². The first kappa shape index (κ1) is 14.5. The van der Waals surface area contributed by atoms with Crippen LogP contribution in [0.4, 0.5) is 4.79 Å². The van der Waals surface area contributed by atoms with E-state index in [2.05, 4.69) is 10.1 Å². The summed E-state index contributed by atoms with van der Waals surface area (Å²) in [6.45, 7) is 11.2. The summed E-state index contributed by atoms with van der Waals surface area (Å²) in [5.41, 5.74) is -0.798. The molecule has 21 heavy (non-hydrogen) atoms. The lowest BCUT2D eigenvalue weighted by Gasteiger charge is -2.29. The van der Waals surface area contributed by atoms with Crippen LogP contribution in [0.15, 0.2) is 5.16 Å². The van der Waals surface area contributed by atoms with E-state index in [1.165, 1.54) is 0 Å². The van der Waals surface area contributed by atoms with E-state index in [0.717, 1.165) is 18.9 Å². The smallest absolute Gasteiger partial charge is 0.410 e. The van der Waals surface area contributed by atoms with Crippen molar-refractivity contribution in [2.24, 2.45) is 22.9 Å². The first-order valence-corrected chi connectivity index (χ1v) is 7.58. The van der Waals surface area contributed by atoms with Crippen LogP contribution in [0.25, 0.3) is 0 Å². The molecule has 0 aromatic carbocycles. The van der Waals surface area contributed by atoms with Gasteiger partial charge in [-0.1, -0.05) is 5.16 Å². The van der Waals surface area contributed by atoms with Gasteiger partial charge in [0.25, 0.3) is 0 Å². The number of carbonyl (C=O) groups is 1. The molecule has 6 heteroatoms. The second kappa shape index (κ2) is 4.27. The number of piperidine rings is 1. The quantitative estimate of drug-likeness (QED) is 0.743. The molecule has 118 valence electrons. The van der Waals surface area contributed by atoms with E-state index < -0.39 is 5.60 Å². The van der Waals surface area contributed by atoms with Gasteiger partial charge >= 0.3 is 6.09 Å². The molecule has 0 spiro atoms. The third kappa shape index (κ3) is 2.45. The van der Waals surface area contributed by atoms with Crippen molar-refractivity contribution in [3.05, 3.63) is 0 Å². The van der Waals surface area contributed by atoms with Gasteiger partial charge in [-0.3, -0.25) is 0 Å². The van der Waals surface area contributed by atoms with Gasteiger partial charge < -0.3 is 19.4 Å². The highest BCUT2D eigenvalue weighted by Gasteiger charge is 2.62. The number of carbonyl (C=O) groups excluding carboxylic acids is 1. The average Bonchev–Trinajstić information content (AvgIpc) is 2.71. The normalized spacial score (nSPS) is 33.4. The molecule has 0 radical (unpaired) electrons. The SMILES string of the molecule is CN1C(C2C3CN(C(=O)OC(C)(C)C)CC32)=NOC1(C)C. The first-order valence-electron chi connectivity index (χ1n) is 7.58. The fourth-order valence-electron chi connectivity index (χ4n) is 3.23. The Hall–Kier alpha value is -1.46. The number of rotatable bonds is 1. The summed E-state index contributed by atoms with van der Waals surface area (Å²) in [7, 11) is 2.02. The molecular weight excluding hydrogens is 270 g/mol. The van der Waals surface area contributed by atoms with Gasteiger partial charge in [0.15, 0.2) is 5.84 Å². The van der Waals surface area contributed by atoms with Gasteiger partial charge in [-0.15, -0.1) is 0 Å². The molecule has 1 amide bonds. The van der Waals surface area contributed by atoms with Gasteiger partial charge in [0.05, 0.1) is 0 Å². The zero-order chi connectivity index (χ0) is 15.6. The molecule has 2 heterocycles. The summed E-state index contributed by atoms with van der Waals surface area (Å²) in [6.07, 6.45) is -0.202. The van der Waals surface area contributed by atoms with Crippen LogP contribution in [0.1, 0.15) is 34.6 Å². The zero-order valence-electron chi connectivity index (χ0n) is 13.7. The Bertz CT molecular complexity index is 483. The summed E-state index contributed by atoms with van der Waals surface area (Å²) in [6, 6.07) is 0. The second-order valence-corrected chi connectivity index (χ2v) is 7.79. The molecule has 0 bridgehead atoms. The fourth-order valence-corrected chi connectivity index (χ4v) is 3.23. The summed E-state index contributed by atoms with van der Waals surface area (Å²) in [4.78, 5) is 21.5. The van der Waals surface area contributed by atoms with Gasteiger partial charge in [-0.05, 0) is 46.5 Å². The molecule has 2 atom stereocenters. The molecular formula is C15H25N3O3. The minimum Gasteiger partial charge on any atom is -0.444 e. The summed E-state index contributed by atoms with van der Waals surface area (Å²) in [5.74, 6) is 2.45. The highest BCUT2D eigenvalue weighted by molar-refractivity contribution is 5.89. The van der Waals surface area contributed by atoms with E-state index in [9.17, 15) is 4.79 Å². The number of ether oxygens (including phenoxy) is 1. The molecule has 0 aromatic heterocycles. The van der Waals surface area contributed by atoms with Crippen molar-refractivity contribution < 1.29 is 14.4 Å². The predicted octanol–water partition coefficient (Wildman–Crippen LogP) is 2.11. The molecule has 2 unspecified atom stereocenters. The summed E-state index contributed by atoms with van der Waals surface area (Å²) in [5, 5.41) is 4.25. The molecule has 1 saturated carbocycles. The van der Waals surface area contributed by atoms with Gasteiger partial charge in [0.2, 0.25) is 5.72 Å². The van der Waals surface area contributed by atoms with Gasteiger partial charge in [-0.25, -0.2) is 4.79 Å². The third-order valence-corrected chi connectivity index (χ3v) is 4.66. The van der Waals surface area contributed by atoms with E-state index in [-0.39, 0.29) is 11.8 Å². The summed E-state index contributed by atoms with van der Waals surface area (Å²) < 4.78 is 5.43. The van der Waals surface area contributed by atoms with Crippen LogP contribution in [-0.4, -0.2) is 53.2 Å². The largest absolute Gasteiger partial charge is 0.444 e. The molecule has 2 aliphatic heterocycles. The topological polar surface area (TPSA) is 54.4 Å². The molecule has 2 fully saturated rings. The van der Waals surface area contributed by atoms with Crippen molar-refractivity contribution in [2.75, 3.05) is 20.1 Å². The Labute approximate surface area is 126 Å². The van der Waals surface area contributed by atoms with Crippen LogP contribution in [0.5, 0.6) is 0 Å². The molecule has 1 saturated heterocycles. The highest BCUT2D eigenvalue weighted by Crippen LogP contribution is 2.54.